The maximum Gasteiger partial charge on any atom is 0.416 e. The minimum atomic E-state index is -5.15. The largest absolute Gasteiger partial charge is 0.416 e. The number of nitro benzene ring substituents is 1. The van der Waals surface area contributed by atoms with Crippen molar-refractivity contribution in [2.75, 3.05) is 0 Å². The Morgan fingerprint density at radius 1 is 0.840 bits per heavy atom. The zero-order valence-corrected chi connectivity index (χ0v) is 11.7. The van der Waals surface area contributed by atoms with E-state index in [0.717, 1.165) is 0 Å². The monoisotopic (exact) mass is 371 g/mol. The van der Waals surface area contributed by atoms with Crippen LogP contribution in [0.25, 0.3) is 0 Å². The van der Waals surface area contributed by atoms with E-state index in [4.69, 9.17) is 0 Å². The summed E-state index contributed by atoms with van der Waals surface area (Å²) in [5, 5.41) is 10.9. The fourth-order valence-corrected chi connectivity index (χ4v) is 2.18. The molecule has 0 heterocycles. The van der Waals surface area contributed by atoms with E-state index in [-0.39, 0.29) is 0 Å². The first-order valence-electron chi connectivity index (χ1n) is 6.30. The standard InChI is InChI=1S/C14H5F8NO2/c15-9-6(10(16)12(18)13(19)11(9)17)4-5-7(14(20,21)22)2-1-3-8(5)23(24)25/h1-3H,4H2. The van der Waals surface area contributed by atoms with Crippen molar-refractivity contribution in [3.05, 3.63) is 74.1 Å². The van der Waals surface area contributed by atoms with Crippen LogP contribution >= 0.6 is 0 Å². The maximum absolute atomic E-state index is 13.7. The second-order valence-corrected chi connectivity index (χ2v) is 4.78. The fraction of sp³-hybridized carbons (Fsp3) is 0.143. The molecular weight excluding hydrogens is 366 g/mol. The fourth-order valence-electron chi connectivity index (χ4n) is 2.18. The second kappa shape index (κ2) is 6.30. The van der Waals surface area contributed by atoms with Gasteiger partial charge in [0.25, 0.3) is 5.69 Å². The quantitative estimate of drug-likeness (QED) is 0.253. The SMILES string of the molecule is O=[N+]([O-])c1cccc(C(F)(F)F)c1Cc1c(F)c(F)c(F)c(F)c1F. The number of hydrogen-bond acceptors (Lipinski definition) is 2. The highest BCUT2D eigenvalue weighted by Gasteiger charge is 2.38. The zero-order valence-electron chi connectivity index (χ0n) is 11.7. The lowest BCUT2D eigenvalue weighted by Crippen LogP contribution is -2.14. The molecule has 0 fully saturated rings. The van der Waals surface area contributed by atoms with Gasteiger partial charge in [-0.15, -0.1) is 0 Å². The molecule has 0 radical (unpaired) electrons. The van der Waals surface area contributed by atoms with Crippen molar-refractivity contribution in [1.29, 1.82) is 0 Å². The highest BCUT2D eigenvalue weighted by atomic mass is 19.4. The van der Waals surface area contributed by atoms with Crippen molar-refractivity contribution in [1.82, 2.24) is 0 Å². The Bertz CT molecular complexity index is 834. The molecule has 0 N–H and O–H groups in total. The van der Waals surface area contributed by atoms with E-state index >= 15 is 0 Å². The van der Waals surface area contributed by atoms with E-state index in [0.29, 0.717) is 18.2 Å². The van der Waals surface area contributed by atoms with Gasteiger partial charge in [0.1, 0.15) is 0 Å². The molecule has 3 nitrogen and oxygen atoms in total. The van der Waals surface area contributed by atoms with Gasteiger partial charge in [-0.2, -0.15) is 13.2 Å². The number of nitro groups is 1. The topological polar surface area (TPSA) is 43.1 Å². The maximum atomic E-state index is 13.7. The molecule has 2 rings (SSSR count). The molecule has 0 spiro atoms. The van der Waals surface area contributed by atoms with E-state index in [2.05, 4.69) is 0 Å². The molecule has 0 saturated heterocycles. The van der Waals surface area contributed by atoms with Crippen LogP contribution in [-0.2, 0) is 12.6 Å². The minimum absolute atomic E-state index is 0.397. The number of alkyl halides is 3. The van der Waals surface area contributed by atoms with Gasteiger partial charge in [0.2, 0.25) is 5.82 Å². The number of rotatable bonds is 3. The molecule has 0 aliphatic heterocycles. The van der Waals surface area contributed by atoms with E-state index in [1.54, 1.807) is 0 Å². The van der Waals surface area contributed by atoms with Gasteiger partial charge in [0.05, 0.1) is 10.5 Å². The van der Waals surface area contributed by atoms with E-state index in [1.165, 1.54) is 0 Å². The van der Waals surface area contributed by atoms with Crippen molar-refractivity contribution in [3.8, 4) is 0 Å². The summed E-state index contributed by atoms with van der Waals surface area (Å²) in [5.41, 5.74) is -5.61. The van der Waals surface area contributed by atoms with E-state index in [1.807, 2.05) is 0 Å². The highest BCUT2D eigenvalue weighted by Crippen LogP contribution is 2.38. The summed E-state index contributed by atoms with van der Waals surface area (Å²) in [5.74, 6) is -11.9. The molecule has 0 atom stereocenters. The van der Waals surface area contributed by atoms with Crippen molar-refractivity contribution in [2.45, 2.75) is 12.6 Å². The lowest BCUT2D eigenvalue weighted by Gasteiger charge is -2.14. The summed E-state index contributed by atoms with van der Waals surface area (Å²) in [6.45, 7) is 0. The van der Waals surface area contributed by atoms with Crippen molar-refractivity contribution < 1.29 is 40.0 Å². The van der Waals surface area contributed by atoms with Crippen LogP contribution in [0.3, 0.4) is 0 Å². The summed E-state index contributed by atoms with van der Waals surface area (Å²) < 4.78 is 106. The van der Waals surface area contributed by atoms with Crippen LogP contribution in [0.4, 0.5) is 40.8 Å². The summed E-state index contributed by atoms with van der Waals surface area (Å²) in [4.78, 5) is 9.64. The molecule has 134 valence electrons. The number of halogens is 8. The van der Waals surface area contributed by atoms with Crippen LogP contribution in [0.1, 0.15) is 16.7 Å². The predicted octanol–water partition coefficient (Wildman–Crippen LogP) is 4.90. The average molecular weight is 371 g/mol. The number of benzene rings is 2. The molecule has 0 unspecified atom stereocenters. The summed E-state index contributed by atoms with van der Waals surface area (Å²) in [6, 6.07) is 1.70. The minimum Gasteiger partial charge on any atom is -0.258 e. The van der Waals surface area contributed by atoms with Crippen molar-refractivity contribution in [3.63, 3.8) is 0 Å². The summed E-state index contributed by atoms with van der Waals surface area (Å²) in [7, 11) is 0. The average Bonchev–Trinajstić information content (AvgIpc) is 2.54. The third-order valence-electron chi connectivity index (χ3n) is 3.31. The van der Waals surface area contributed by atoms with Gasteiger partial charge in [-0.05, 0) is 6.07 Å². The molecule has 0 saturated carbocycles. The van der Waals surface area contributed by atoms with Crippen LogP contribution in [0.5, 0.6) is 0 Å². The molecule has 0 amide bonds. The number of hydrogen-bond donors (Lipinski definition) is 0. The lowest BCUT2D eigenvalue weighted by atomic mass is 9.96. The van der Waals surface area contributed by atoms with Crippen molar-refractivity contribution >= 4 is 5.69 Å². The van der Waals surface area contributed by atoms with Crippen LogP contribution in [0.15, 0.2) is 18.2 Å². The van der Waals surface area contributed by atoms with Crippen LogP contribution in [0, 0.1) is 39.2 Å². The Morgan fingerprint density at radius 3 is 1.76 bits per heavy atom. The van der Waals surface area contributed by atoms with Gasteiger partial charge in [-0.1, -0.05) is 6.07 Å². The van der Waals surface area contributed by atoms with Gasteiger partial charge in [-0.3, -0.25) is 10.1 Å². The van der Waals surface area contributed by atoms with Crippen LogP contribution in [-0.4, -0.2) is 4.92 Å². The Labute approximate surface area is 133 Å². The summed E-state index contributed by atoms with van der Waals surface area (Å²) >= 11 is 0. The first-order valence-corrected chi connectivity index (χ1v) is 6.30. The van der Waals surface area contributed by atoms with Crippen LogP contribution < -0.4 is 0 Å². The molecule has 0 aliphatic rings. The highest BCUT2D eigenvalue weighted by molar-refractivity contribution is 5.49. The predicted molar refractivity (Wildman–Crippen MR) is 67.1 cm³/mol. The third-order valence-corrected chi connectivity index (χ3v) is 3.31. The summed E-state index contributed by atoms with van der Waals surface area (Å²) in [6.07, 6.45) is -6.66. The molecule has 25 heavy (non-hydrogen) atoms. The first kappa shape index (κ1) is 18.6. The first-order chi connectivity index (χ1) is 11.5. The molecule has 0 bridgehead atoms. The lowest BCUT2D eigenvalue weighted by molar-refractivity contribution is -0.385. The third kappa shape index (κ3) is 3.26. The van der Waals surface area contributed by atoms with Gasteiger partial charge in [0, 0.05) is 23.6 Å². The van der Waals surface area contributed by atoms with Gasteiger partial charge >= 0.3 is 6.18 Å². The normalized spacial score (nSPS) is 11.7. The Balaban J connectivity index is 2.76. The molecule has 2 aromatic rings. The Morgan fingerprint density at radius 2 is 1.32 bits per heavy atom. The van der Waals surface area contributed by atoms with Crippen LogP contribution in [0.2, 0.25) is 0 Å². The van der Waals surface area contributed by atoms with Crippen molar-refractivity contribution in [2.24, 2.45) is 0 Å². The molecule has 11 heteroatoms. The molecular formula is C14H5F8NO2. The molecule has 0 aromatic heterocycles. The number of nitrogens with zero attached hydrogens (tertiary/aromatic N) is 1. The van der Waals surface area contributed by atoms with Gasteiger partial charge < -0.3 is 0 Å². The van der Waals surface area contributed by atoms with E-state index in [9.17, 15) is 45.2 Å². The molecule has 0 aliphatic carbocycles. The van der Waals surface area contributed by atoms with Gasteiger partial charge in [-0.25, -0.2) is 22.0 Å². The smallest absolute Gasteiger partial charge is 0.258 e. The molecule has 2 aromatic carbocycles. The Hall–Kier alpha value is -2.72. The second-order valence-electron chi connectivity index (χ2n) is 4.78. The Kier molecular flexibility index (Phi) is 4.69. The zero-order chi connectivity index (χ0) is 19.1. The van der Waals surface area contributed by atoms with Gasteiger partial charge in [0.15, 0.2) is 23.3 Å². The van der Waals surface area contributed by atoms with E-state index < -0.39 is 69.0 Å².